The van der Waals surface area contributed by atoms with Crippen LogP contribution in [0, 0.1) is 4.77 Å². The summed E-state index contributed by atoms with van der Waals surface area (Å²) in [7, 11) is 0. The van der Waals surface area contributed by atoms with Crippen LogP contribution in [0.5, 0.6) is 0 Å². The lowest BCUT2D eigenvalue weighted by Crippen LogP contribution is -2.18. The van der Waals surface area contributed by atoms with Crippen molar-refractivity contribution < 1.29 is 22.0 Å². The van der Waals surface area contributed by atoms with E-state index >= 15 is 0 Å². The Hall–Kier alpha value is -0.990. The largest absolute Gasteiger partial charge is 0.451 e. The number of rotatable bonds is 2. The number of H-pyrrole nitrogens is 1. The van der Waals surface area contributed by atoms with Crippen LogP contribution in [0.25, 0.3) is 0 Å². The third-order valence-corrected chi connectivity index (χ3v) is 1.64. The monoisotopic (exact) mass is 233 g/mol. The molecule has 0 unspecified atom stereocenters. The predicted octanol–water partition coefficient (Wildman–Crippen LogP) is 2.22. The van der Waals surface area contributed by atoms with Crippen molar-refractivity contribution >= 4 is 12.2 Å². The number of hydrogen-bond acceptors (Lipinski definition) is 2. The van der Waals surface area contributed by atoms with Gasteiger partial charge in [0.1, 0.15) is 0 Å². The van der Waals surface area contributed by atoms with Crippen LogP contribution in [0.1, 0.15) is 5.82 Å². The van der Waals surface area contributed by atoms with Crippen LogP contribution < -0.4 is 0 Å². The normalized spacial score (nSPS) is 12.4. The van der Waals surface area contributed by atoms with Gasteiger partial charge in [-0.3, -0.25) is 9.67 Å². The Morgan fingerprint density at radius 2 is 2.00 bits per heavy atom. The van der Waals surface area contributed by atoms with E-state index in [9.17, 15) is 22.0 Å². The van der Waals surface area contributed by atoms with Gasteiger partial charge in [0.25, 0.3) is 6.43 Å². The number of nitrogens with zero attached hydrogens (tertiary/aromatic N) is 2. The van der Waals surface area contributed by atoms with Gasteiger partial charge in [0.05, 0.1) is 6.54 Å². The highest BCUT2D eigenvalue weighted by molar-refractivity contribution is 7.71. The molecule has 0 aliphatic rings. The lowest BCUT2D eigenvalue weighted by atomic mass is 10.5. The zero-order valence-corrected chi connectivity index (χ0v) is 7.29. The predicted molar refractivity (Wildman–Crippen MR) is 38.4 cm³/mol. The number of nitrogens with one attached hydrogen (secondary N) is 1. The van der Waals surface area contributed by atoms with Crippen molar-refractivity contribution in [2.45, 2.75) is 19.1 Å². The quantitative estimate of drug-likeness (QED) is 0.627. The van der Waals surface area contributed by atoms with Crippen LogP contribution in [0.2, 0.25) is 0 Å². The molecule has 3 nitrogen and oxygen atoms in total. The van der Waals surface area contributed by atoms with Gasteiger partial charge in [-0.1, -0.05) is 0 Å². The summed E-state index contributed by atoms with van der Waals surface area (Å²) in [6.45, 7) is -1.12. The highest BCUT2D eigenvalue weighted by Gasteiger charge is 2.37. The number of alkyl halides is 5. The Balaban J connectivity index is 3.13. The molecule has 80 valence electrons. The minimum absolute atomic E-state index is 0.222. The molecule has 0 spiro atoms. The first-order valence-corrected chi connectivity index (χ1v) is 3.73. The van der Waals surface area contributed by atoms with Crippen molar-refractivity contribution in [2.24, 2.45) is 0 Å². The molecule has 0 aliphatic heterocycles. The fourth-order valence-electron chi connectivity index (χ4n) is 0.841. The van der Waals surface area contributed by atoms with E-state index in [0.29, 0.717) is 0 Å². The van der Waals surface area contributed by atoms with Gasteiger partial charge in [0.15, 0.2) is 4.77 Å². The van der Waals surface area contributed by atoms with E-state index in [1.807, 2.05) is 5.10 Å². The number of hydrogen-bond donors (Lipinski definition) is 1. The molecule has 14 heavy (non-hydrogen) atoms. The minimum atomic E-state index is -4.79. The lowest BCUT2D eigenvalue weighted by molar-refractivity contribution is -0.148. The first kappa shape index (κ1) is 11.1. The molecule has 1 rings (SSSR count). The van der Waals surface area contributed by atoms with Gasteiger partial charge < -0.3 is 0 Å². The van der Waals surface area contributed by atoms with Gasteiger partial charge in [-0.15, -0.1) is 5.10 Å². The van der Waals surface area contributed by atoms with Gasteiger partial charge in [-0.25, -0.2) is 8.78 Å². The first-order chi connectivity index (χ1) is 6.32. The summed E-state index contributed by atoms with van der Waals surface area (Å²) in [4.78, 5) is 0. The van der Waals surface area contributed by atoms with Crippen molar-refractivity contribution in [1.82, 2.24) is 14.8 Å². The highest BCUT2D eigenvalue weighted by atomic mass is 32.1. The van der Waals surface area contributed by atoms with Gasteiger partial charge in [-0.05, 0) is 12.2 Å². The first-order valence-electron chi connectivity index (χ1n) is 3.33. The summed E-state index contributed by atoms with van der Waals surface area (Å²) in [5, 5.41) is 4.64. The lowest BCUT2D eigenvalue weighted by Gasteiger charge is -2.07. The molecule has 0 amide bonds. The van der Waals surface area contributed by atoms with Crippen molar-refractivity contribution in [3.63, 3.8) is 0 Å². The molecule has 0 atom stereocenters. The maximum Gasteiger partial charge on any atom is 0.451 e. The zero-order chi connectivity index (χ0) is 10.9. The molecule has 0 aliphatic carbocycles. The Labute approximate surface area is 79.5 Å². The van der Waals surface area contributed by atoms with E-state index in [1.165, 1.54) is 0 Å². The maximum atomic E-state index is 12.1. The van der Waals surface area contributed by atoms with E-state index < -0.39 is 29.7 Å². The fourth-order valence-corrected chi connectivity index (χ4v) is 1.05. The summed E-state index contributed by atoms with van der Waals surface area (Å²) in [6, 6.07) is 0. The number of halogens is 5. The molecule has 0 fully saturated rings. The Morgan fingerprint density at radius 3 is 2.43 bits per heavy atom. The molecular formula is C5H4F5N3S. The second kappa shape index (κ2) is 3.64. The van der Waals surface area contributed by atoms with Crippen LogP contribution in [0.3, 0.4) is 0 Å². The van der Waals surface area contributed by atoms with Crippen LogP contribution in [0.15, 0.2) is 0 Å². The Morgan fingerprint density at radius 1 is 1.43 bits per heavy atom. The van der Waals surface area contributed by atoms with Crippen molar-refractivity contribution in [1.29, 1.82) is 0 Å². The Bertz CT molecular complexity index is 364. The smallest absolute Gasteiger partial charge is 0.291 e. The van der Waals surface area contributed by atoms with Crippen LogP contribution in [-0.2, 0) is 12.7 Å². The molecular weight excluding hydrogens is 229 g/mol. The topological polar surface area (TPSA) is 33.6 Å². The third-order valence-electron chi connectivity index (χ3n) is 1.33. The van der Waals surface area contributed by atoms with Crippen molar-refractivity contribution in [2.75, 3.05) is 0 Å². The van der Waals surface area contributed by atoms with E-state index in [4.69, 9.17) is 0 Å². The van der Waals surface area contributed by atoms with Gasteiger partial charge >= 0.3 is 6.18 Å². The average Bonchev–Trinajstić information content (AvgIpc) is 2.30. The zero-order valence-electron chi connectivity index (χ0n) is 6.48. The summed E-state index contributed by atoms with van der Waals surface area (Å²) >= 11 is 4.37. The average molecular weight is 233 g/mol. The number of aromatic amines is 1. The fraction of sp³-hybridized carbons (Fsp3) is 0.600. The molecule has 1 heterocycles. The molecule has 0 aromatic carbocycles. The summed E-state index contributed by atoms with van der Waals surface area (Å²) in [6.07, 6.45) is -7.71. The molecule has 0 saturated carbocycles. The highest BCUT2D eigenvalue weighted by Crippen LogP contribution is 2.27. The Kier molecular flexibility index (Phi) is 2.88. The molecule has 1 aromatic heterocycles. The summed E-state index contributed by atoms with van der Waals surface area (Å²) < 4.78 is 59.8. The van der Waals surface area contributed by atoms with Gasteiger partial charge in [0, 0.05) is 0 Å². The van der Waals surface area contributed by atoms with E-state index in [1.54, 1.807) is 0 Å². The summed E-state index contributed by atoms with van der Waals surface area (Å²) in [5.41, 5.74) is 0. The molecule has 0 bridgehead atoms. The van der Waals surface area contributed by atoms with E-state index in [2.05, 4.69) is 17.3 Å². The standard InChI is InChI=1S/C5H4F5N3S/c6-2(7)1-13-3(5(8,9)10)11-12-4(13)14/h2H,1H2,(H,12,14). The second-order valence-corrected chi connectivity index (χ2v) is 2.74. The van der Waals surface area contributed by atoms with Gasteiger partial charge in [-0.2, -0.15) is 13.2 Å². The maximum absolute atomic E-state index is 12.1. The van der Waals surface area contributed by atoms with Crippen LogP contribution in [-0.4, -0.2) is 21.2 Å². The SMILES string of the molecule is FC(F)Cn1c(C(F)(F)F)n[nH]c1=S. The molecule has 1 N–H and O–H groups in total. The molecule has 0 saturated heterocycles. The van der Waals surface area contributed by atoms with Gasteiger partial charge in [0.2, 0.25) is 5.82 Å². The third kappa shape index (κ3) is 2.28. The second-order valence-electron chi connectivity index (χ2n) is 2.35. The molecule has 1 aromatic rings. The molecule has 9 heteroatoms. The minimum Gasteiger partial charge on any atom is -0.291 e. The van der Waals surface area contributed by atoms with E-state index in [0.717, 1.165) is 0 Å². The number of aromatic nitrogens is 3. The van der Waals surface area contributed by atoms with Crippen molar-refractivity contribution in [3.05, 3.63) is 10.6 Å². The van der Waals surface area contributed by atoms with E-state index in [-0.39, 0.29) is 4.57 Å². The van der Waals surface area contributed by atoms with Crippen molar-refractivity contribution in [3.8, 4) is 0 Å². The molecule has 0 radical (unpaired) electrons. The van der Waals surface area contributed by atoms with Crippen LogP contribution in [0.4, 0.5) is 22.0 Å². The van der Waals surface area contributed by atoms with Crippen LogP contribution >= 0.6 is 12.2 Å². The summed E-state index contributed by atoms with van der Waals surface area (Å²) in [5.74, 6) is -1.44.